The molecule has 0 unspecified atom stereocenters. The van der Waals surface area contributed by atoms with Gasteiger partial charge in [-0.1, -0.05) is 49.6 Å². The summed E-state index contributed by atoms with van der Waals surface area (Å²) < 4.78 is 5.79. The third-order valence-electron chi connectivity index (χ3n) is 4.05. The summed E-state index contributed by atoms with van der Waals surface area (Å²) >= 11 is 0. The molecule has 1 fully saturated rings. The zero-order valence-electron chi connectivity index (χ0n) is 11.6. The first-order valence-corrected chi connectivity index (χ1v) is 7.39. The van der Waals surface area contributed by atoms with Crippen molar-refractivity contribution in [2.75, 3.05) is 0 Å². The number of phenols is 1. The molecule has 1 aliphatic rings. The molecule has 2 aromatic carbocycles. The van der Waals surface area contributed by atoms with Crippen LogP contribution < -0.4 is 4.74 Å². The molecule has 1 saturated carbocycles. The van der Waals surface area contributed by atoms with Crippen LogP contribution in [0, 0.1) is 0 Å². The molecule has 0 radical (unpaired) electrons. The molecule has 3 rings (SSSR count). The summed E-state index contributed by atoms with van der Waals surface area (Å²) in [6.07, 6.45) is 6.17. The molecule has 2 nitrogen and oxygen atoms in total. The molecule has 104 valence electrons. The van der Waals surface area contributed by atoms with E-state index in [4.69, 9.17) is 4.74 Å². The van der Waals surface area contributed by atoms with Crippen molar-refractivity contribution < 1.29 is 9.84 Å². The topological polar surface area (TPSA) is 29.5 Å². The van der Waals surface area contributed by atoms with Crippen molar-refractivity contribution in [3.63, 3.8) is 0 Å². The van der Waals surface area contributed by atoms with Gasteiger partial charge in [0.05, 0.1) is 0 Å². The van der Waals surface area contributed by atoms with E-state index in [-0.39, 0.29) is 0 Å². The highest BCUT2D eigenvalue weighted by atomic mass is 16.5. The highest BCUT2D eigenvalue weighted by Gasteiger charge is 2.20. The van der Waals surface area contributed by atoms with Gasteiger partial charge in [-0.25, -0.2) is 0 Å². The Balaban J connectivity index is 1.85. The Morgan fingerprint density at radius 1 is 0.850 bits per heavy atom. The second-order valence-corrected chi connectivity index (χ2v) is 5.44. The molecular weight excluding hydrogens is 248 g/mol. The van der Waals surface area contributed by atoms with E-state index in [0.29, 0.717) is 17.4 Å². The fourth-order valence-electron chi connectivity index (χ4n) is 2.98. The van der Waals surface area contributed by atoms with Gasteiger partial charge in [0, 0.05) is 5.56 Å². The smallest absolute Gasteiger partial charge is 0.169 e. The van der Waals surface area contributed by atoms with Crippen molar-refractivity contribution in [1.82, 2.24) is 0 Å². The van der Waals surface area contributed by atoms with Crippen LogP contribution in [0.1, 0.15) is 43.6 Å². The van der Waals surface area contributed by atoms with Crippen LogP contribution in [0.25, 0.3) is 0 Å². The Bertz CT molecular complexity index is 557. The van der Waals surface area contributed by atoms with Crippen LogP contribution in [0.15, 0.2) is 48.5 Å². The largest absolute Gasteiger partial charge is 0.504 e. The van der Waals surface area contributed by atoms with Gasteiger partial charge in [-0.2, -0.15) is 0 Å². The van der Waals surface area contributed by atoms with Crippen LogP contribution in [0.3, 0.4) is 0 Å². The standard InChI is InChI=1S/C18H20O2/c19-18-16(14-8-3-1-4-9-14)12-7-13-17(18)20-15-10-5-2-6-11-15/h2,5-7,10-14,19H,1,3-4,8-9H2. The molecule has 0 heterocycles. The summed E-state index contributed by atoms with van der Waals surface area (Å²) in [4.78, 5) is 0. The van der Waals surface area contributed by atoms with Gasteiger partial charge in [0.25, 0.3) is 0 Å². The average Bonchev–Trinajstić information content (AvgIpc) is 2.51. The lowest BCUT2D eigenvalue weighted by atomic mass is 9.83. The molecule has 0 saturated heterocycles. The van der Waals surface area contributed by atoms with Gasteiger partial charge in [0.1, 0.15) is 5.75 Å². The second kappa shape index (κ2) is 6.00. The van der Waals surface area contributed by atoms with E-state index >= 15 is 0 Å². The molecule has 2 aromatic rings. The van der Waals surface area contributed by atoms with Crippen molar-refractivity contribution in [1.29, 1.82) is 0 Å². The van der Waals surface area contributed by atoms with Gasteiger partial charge in [-0.05, 0) is 37.0 Å². The first-order valence-electron chi connectivity index (χ1n) is 7.39. The van der Waals surface area contributed by atoms with E-state index in [1.54, 1.807) is 0 Å². The van der Waals surface area contributed by atoms with Gasteiger partial charge in [-0.15, -0.1) is 0 Å². The number of ether oxygens (including phenoxy) is 1. The molecule has 0 bridgehead atoms. The van der Waals surface area contributed by atoms with Crippen molar-refractivity contribution in [2.45, 2.75) is 38.0 Å². The molecule has 0 atom stereocenters. The van der Waals surface area contributed by atoms with Gasteiger partial charge < -0.3 is 9.84 Å². The number of benzene rings is 2. The van der Waals surface area contributed by atoms with Crippen LogP contribution >= 0.6 is 0 Å². The number of rotatable bonds is 3. The molecule has 1 N–H and O–H groups in total. The molecule has 20 heavy (non-hydrogen) atoms. The summed E-state index contributed by atoms with van der Waals surface area (Å²) in [5, 5.41) is 10.5. The minimum atomic E-state index is 0.309. The monoisotopic (exact) mass is 268 g/mol. The summed E-state index contributed by atoms with van der Waals surface area (Å²) in [7, 11) is 0. The van der Waals surface area contributed by atoms with Gasteiger partial charge >= 0.3 is 0 Å². The van der Waals surface area contributed by atoms with Crippen LogP contribution in [0.2, 0.25) is 0 Å². The average molecular weight is 268 g/mol. The van der Waals surface area contributed by atoms with Gasteiger partial charge in [-0.3, -0.25) is 0 Å². The van der Waals surface area contributed by atoms with Crippen molar-refractivity contribution >= 4 is 0 Å². The highest BCUT2D eigenvalue weighted by molar-refractivity contribution is 5.49. The van der Waals surface area contributed by atoms with Crippen molar-refractivity contribution in [2.24, 2.45) is 0 Å². The molecule has 0 amide bonds. The Kier molecular flexibility index (Phi) is 3.91. The zero-order chi connectivity index (χ0) is 13.8. The molecule has 2 heteroatoms. The Morgan fingerprint density at radius 2 is 1.60 bits per heavy atom. The molecule has 1 aliphatic carbocycles. The predicted molar refractivity (Wildman–Crippen MR) is 80.4 cm³/mol. The van der Waals surface area contributed by atoms with Gasteiger partial charge in [0.15, 0.2) is 11.5 Å². The van der Waals surface area contributed by atoms with Crippen LogP contribution in [-0.2, 0) is 0 Å². The third-order valence-corrected chi connectivity index (χ3v) is 4.05. The number of hydrogen-bond acceptors (Lipinski definition) is 2. The van der Waals surface area contributed by atoms with Gasteiger partial charge in [0.2, 0.25) is 0 Å². The maximum Gasteiger partial charge on any atom is 0.169 e. The fraction of sp³-hybridized carbons (Fsp3) is 0.333. The number of para-hydroxylation sites is 2. The summed E-state index contributed by atoms with van der Waals surface area (Å²) in [6.45, 7) is 0. The highest BCUT2D eigenvalue weighted by Crippen LogP contribution is 2.42. The van der Waals surface area contributed by atoms with E-state index in [2.05, 4.69) is 0 Å². The quantitative estimate of drug-likeness (QED) is 0.825. The lowest BCUT2D eigenvalue weighted by molar-refractivity contribution is 0.386. The van der Waals surface area contributed by atoms with E-state index in [1.807, 2.05) is 48.5 Å². The molecule has 0 spiro atoms. The SMILES string of the molecule is Oc1c(Oc2ccccc2)cccc1C1CCCCC1. The number of hydrogen-bond donors (Lipinski definition) is 1. The summed E-state index contributed by atoms with van der Waals surface area (Å²) in [6, 6.07) is 15.4. The normalized spacial score (nSPS) is 16.0. The minimum absolute atomic E-state index is 0.309. The minimum Gasteiger partial charge on any atom is -0.504 e. The van der Waals surface area contributed by atoms with Crippen molar-refractivity contribution in [3.8, 4) is 17.2 Å². The Labute approximate surface area is 120 Å². The molecule has 0 aliphatic heterocycles. The van der Waals surface area contributed by atoms with E-state index in [9.17, 15) is 5.11 Å². The summed E-state index contributed by atoms with van der Waals surface area (Å²) in [5.41, 5.74) is 1.04. The Morgan fingerprint density at radius 3 is 2.35 bits per heavy atom. The molecular formula is C18H20O2. The number of aromatic hydroxyl groups is 1. The van der Waals surface area contributed by atoms with E-state index < -0.39 is 0 Å². The van der Waals surface area contributed by atoms with Crippen molar-refractivity contribution in [3.05, 3.63) is 54.1 Å². The lowest BCUT2D eigenvalue weighted by Gasteiger charge is -2.23. The van der Waals surface area contributed by atoms with E-state index in [0.717, 1.165) is 11.3 Å². The molecule has 0 aromatic heterocycles. The van der Waals surface area contributed by atoms with Crippen LogP contribution in [0.5, 0.6) is 17.2 Å². The predicted octanol–water partition coefficient (Wildman–Crippen LogP) is 5.23. The number of phenolic OH excluding ortho intramolecular Hbond substituents is 1. The first-order chi connectivity index (χ1) is 9.84. The van der Waals surface area contributed by atoms with Crippen LogP contribution in [-0.4, -0.2) is 5.11 Å². The maximum atomic E-state index is 10.5. The summed E-state index contributed by atoms with van der Waals surface area (Å²) in [5.74, 6) is 2.09. The van der Waals surface area contributed by atoms with Crippen LogP contribution in [0.4, 0.5) is 0 Å². The Hall–Kier alpha value is -1.96. The third kappa shape index (κ3) is 2.79. The zero-order valence-corrected chi connectivity index (χ0v) is 11.6. The maximum absolute atomic E-state index is 10.5. The second-order valence-electron chi connectivity index (χ2n) is 5.44. The first kappa shape index (κ1) is 13.0. The fourth-order valence-corrected chi connectivity index (χ4v) is 2.98. The lowest BCUT2D eigenvalue weighted by Crippen LogP contribution is -2.05. The van der Waals surface area contributed by atoms with E-state index in [1.165, 1.54) is 32.1 Å².